The monoisotopic (exact) mass is 291 g/mol. The molecule has 5 heteroatoms. The van der Waals surface area contributed by atoms with E-state index in [2.05, 4.69) is 4.72 Å². The largest absolute Gasteiger partial charge is 0.387 e. The quantitative estimate of drug-likeness (QED) is 0.853. The molecule has 0 aliphatic rings. The Morgan fingerprint density at radius 3 is 2.10 bits per heavy atom. The number of hydrogen-bond acceptors (Lipinski definition) is 3. The van der Waals surface area contributed by atoms with Crippen LogP contribution in [0.25, 0.3) is 0 Å². The fourth-order valence-corrected chi connectivity index (χ4v) is 2.99. The van der Waals surface area contributed by atoms with E-state index in [1.54, 1.807) is 48.5 Å². The van der Waals surface area contributed by atoms with Crippen molar-refractivity contribution in [1.29, 1.82) is 0 Å². The lowest BCUT2D eigenvalue weighted by molar-refractivity contribution is 0.182. The maximum atomic E-state index is 11.9. The van der Waals surface area contributed by atoms with Gasteiger partial charge in [-0.3, -0.25) is 0 Å². The zero-order chi connectivity index (χ0) is 14.4. The zero-order valence-electron chi connectivity index (χ0n) is 10.9. The summed E-state index contributed by atoms with van der Waals surface area (Å²) in [7, 11) is -3.45. The first-order chi connectivity index (χ1) is 9.57. The molecule has 2 rings (SSSR count). The third-order valence-electron chi connectivity index (χ3n) is 2.88. The van der Waals surface area contributed by atoms with E-state index in [-0.39, 0.29) is 12.3 Å². The predicted molar refractivity (Wildman–Crippen MR) is 78.5 cm³/mol. The van der Waals surface area contributed by atoms with Crippen molar-refractivity contribution >= 4 is 10.0 Å². The number of nitrogens with one attached hydrogen (secondary N) is 1. The highest BCUT2D eigenvalue weighted by Crippen LogP contribution is 2.11. The summed E-state index contributed by atoms with van der Waals surface area (Å²) in [4.78, 5) is 0. The Morgan fingerprint density at radius 1 is 0.950 bits per heavy atom. The van der Waals surface area contributed by atoms with E-state index in [1.165, 1.54) is 0 Å². The van der Waals surface area contributed by atoms with Crippen LogP contribution in [0.2, 0.25) is 0 Å². The standard InChI is InChI=1S/C15H17NO3S/c17-15(14-9-5-2-6-10-14)11-16-20(18,19)12-13-7-3-1-4-8-13/h1-10,15-17H,11-12H2/t15-/m0/s1. The molecule has 0 heterocycles. The van der Waals surface area contributed by atoms with Gasteiger partial charge in [0.25, 0.3) is 0 Å². The van der Waals surface area contributed by atoms with E-state index in [4.69, 9.17) is 0 Å². The summed E-state index contributed by atoms with van der Waals surface area (Å²) in [6.07, 6.45) is -0.846. The minimum atomic E-state index is -3.45. The third-order valence-corrected chi connectivity index (χ3v) is 4.20. The second kappa shape index (κ2) is 6.65. The highest BCUT2D eigenvalue weighted by molar-refractivity contribution is 7.88. The van der Waals surface area contributed by atoms with Gasteiger partial charge in [-0.2, -0.15) is 0 Å². The van der Waals surface area contributed by atoms with Crippen LogP contribution in [-0.2, 0) is 15.8 Å². The maximum Gasteiger partial charge on any atom is 0.215 e. The smallest absolute Gasteiger partial charge is 0.215 e. The van der Waals surface area contributed by atoms with Crippen molar-refractivity contribution in [2.75, 3.05) is 6.54 Å². The fraction of sp³-hybridized carbons (Fsp3) is 0.200. The molecule has 0 saturated heterocycles. The van der Waals surface area contributed by atoms with Crippen molar-refractivity contribution in [1.82, 2.24) is 4.72 Å². The van der Waals surface area contributed by atoms with E-state index in [0.717, 1.165) is 0 Å². The van der Waals surface area contributed by atoms with Crippen LogP contribution in [0.15, 0.2) is 60.7 Å². The molecule has 20 heavy (non-hydrogen) atoms. The molecule has 0 aliphatic carbocycles. The van der Waals surface area contributed by atoms with Crippen molar-refractivity contribution in [3.63, 3.8) is 0 Å². The lowest BCUT2D eigenvalue weighted by Gasteiger charge is -2.12. The van der Waals surface area contributed by atoms with E-state index >= 15 is 0 Å². The first kappa shape index (κ1) is 14.7. The molecule has 106 valence electrons. The third kappa shape index (κ3) is 4.45. The normalized spacial score (nSPS) is 13.1. The number of rotatable bonds is 6. The number of sulfonamides is 1. The predicted octanol–water partition coefficient (Wildman–Crippen LogP) is 1.84. The molecule has 0 aliphatic heterocycles. The van der Waals surface area contributed by atoms with E-state index < -0.39 is 16.1 Å². The number of benzene rings is 2. The molecule has 2 N–H and O–H groups in total. The van der Waals surface area contributed by atoms with Crippen LogP contribution >= 0.6 is 0 Å². The van der Waals surface area contributed by atoms with Gasteiger partial charge < -0.3 is 5.11 Å². The summed E-state index contributed by atoms with van der Waals surface area (Å²) in [5.41, 5.74) is 1.41. The molecular weight excluding hydrogens is 274 g/mol. The highest BCUT2D eigenvalue weighted by atomic mass is 32.2. The summed E-state index contributed by atoms with van der Waals surface area (Å²) in [6.45, 7) is -0.0286. The molecule has 0 aromatic heterocycles. The Kier molecular flexibility index (Phi) is 4.89. The number of aliphatic hydroxyl groups is 1. The van der Waals surface area contributed by atoms with E-state index in [0.29, 0.717) is 11.1 Å². The van der Waals surface area contributed by atoms with Gasteiger partial charge in [0.1, 0.15) is 0 Å². The second-order valence-corrected chi connectivity index (χ2v) is 6.33. The van der Waals surface area contributed by atoms with Gasteiger partial charge in [-0.25, -0.2) is 13.1 Å². The molecule has 4 nitrogen and oxygen atoms in total. The van der Waals surface area contributed by atoms with Gasteiger partial charge in [0.2, 0.25) is 10.0 Å². The van der Waals surface area contributed by atoms with Gasteiger partial charge in [0, 0.05) is 6.54 Å². The zero-order valence-corrected chi connectivity index (χ0v) is 11.8. The number of hydrogen-bond donors (Lipinski definition) is 2. The number of aliphatic hydroxyl groups excluding tert-OH is 1. The molecule has 0 fully saturated rings. The van der Waals surface area contributed by atoms with Gasteiger partial charge in [-0.15, -0.1) is 0 Å². The summed E-state index contributed by atoms with van der Waals surface area (Å²) < 4.78 is 26.3. The summed E-state index contributed by atoms with van der Waals surface area (Å²) in [5.74, 6) is -0.0879. The minimum absolute atomic E-state index is 0.0286. The molecule has 2 aromatic carbocycles. The van der Waals surface area contributed by atoms with Gasteiger partial charge >= 0.3 is 0 Å². The van der Waals surface area contributed by atoms with Crippen molar-refractivity contribution in [3.8, 4) is 0 Å². The van der Waals surface area contributed by atoms with Crippen LogP contribution in [0, 0.1) is 0 Å². The molecular formula is C15H17NO3S. The minimum Gasteiger partial charge on any atom is -0.387 e. The van der Waals surface area contributed by atoms with Crippen LogP contribution in [0.1, 0.15) is 17.2 Å². The van der Waals surface area contributed by atoms with Gasteiger partial charge in [-0.1, -0.05) is 60.7 Å². The van der Waals surface area contributed by atoms with Gasteiger partial charge in [0.15, 0.2) is 0 Å². The molecule has 0 saturated carbocycles. The Hall–Kier alpha value is -1.69. The highest BCUT2D eigenvalue weighted by Gasteiger charge is 2.14. The van der Waals surface area contributed by atoms with Gasteiger partial charge in [-0.05, 0) is 11.1 Å². The maximum absolute atomic E-state index is 11.9. The first-order valence-corrected chi connectivity index (χ1v) is 7.96. The Morgan fingerprint density at radius 2 is 1.50 bits per heavy atom. The Labute approximate surface area is 119 Å². The van der Waals surface area contributed by atoms with Crippen molar-refractivity contribution < 1.29 is 13.5 Å². The molecule has 0 radical (unpaired) electrons. The van der Waals surface area contributed by atoms with Crippen LogP contribution in [0.3, 0.4) is 0 Å². The van der Waals surface area contributed by atoms with E-state index in [1.807, 2.05) is 12.1 Å². The average molecular weight is 291 g/mol. The topological polar surface area (TPSA) is 66.4 Å². The molecule has 2 aromatic rings. The molecule has 0 unspecified atom stereocenters. The summed E-state index contributed by atoms with van der Waals surface area (Å²) in [6, 6.07) is 17.9. The average Bonchev–Trinajstić information content (AvgIpc) is 2.46. The van der Waals surface area contributed by atoms with Crippen LogP contribution in [0.5, 0.6) is 0 Å². The van der Waals surface area contributed by atoms with Crippen LogP contribution in [0.4, 0.5) is 0 Å². The summed E-state index contributed by atoms with van der Waals surface area (Å²) in [5, 5.41) is 9.92. The van der Waals surface area contributed by atoms with Crippen molar-refractivity contribution in [2.24, 2.45) is 0 Å². The molecule has 0 bridgehead atoms. The fourth-order valence-electron chi connectivity index (χ4n) is 1.84. The van der Waals surface area contributed by atoms with E-state index in [9.17, 15) is 13.5 Å². The van der Waals surface area contributed by atoms with Crippen molar-refractivity contribution in [2.45, 2.75) is 11.9 Å². The lowest BCUT2D eigenvalue weighted by Crippen LogP contribution is -2.29. The Balaban J connectivity index is 1.93. The lowest BCUT2D eigenvalue weighted by atomic mass is 10.1. The molecule has 0 spiro atoms. The molecule has 1 atom stereocenters. The SMILES string of the molecule is O=S(=O)(Cc1ccccc1)NC[C@H](O)c1ccccc1. The first-order valence-electron chi connectivity index (χ1n) is 6.31. The summed E-state index contributed by atoms with van der Waals surface area (Å²) >= 11 is 0. The second-order valence-electron chi connectivity index (χ2n) is 4.52. The van der Waals surface area contributed by atoms with Crippen molar-refractivity contribution in [3.05, 3.63) is 71.8 Å². The van der Waals surface area contributed by atoms with Crippen LogP contribution < -0.4 is 4.72 Å². The van der Waals surface area contributed by atoms with Gasteiger partial charge in [0.05, 0.1) is 11.9 Å². The molecule has 0 amide bonds. The Bertz CT molecular complexity index is 627. The van der Waals surface area contributed by atoms with Crippen LogP contribution in [-0.4, -0.2) is 20.1 Å².